The van der Waals surface area contributed by atoms with Crippen LogP contribution in [0.1, 0.15) is 45.4 Å². The lowest BCUT2D eigenvalue weighted by Gasteiger charge is -2.33. The Labute approximate surface area is 110 Å². The zero-order valence-corrected chi connectivity index (χ0v) is 11.5. The minimum absolute atomic E-state index is 0.0106. The van der Waals surface area contributed by atoms with E-state index in [4.69, 9.17) is 5.73 Å². The summed E-state index contributed by atoms with van der Waals surface area (Å²) in [4.78, 5) is 14.6. The van der Waals surface area contributed by atoms with Crippen molar-refractivity contribution in [2.45, 2.75) is 57.5 Å². The Hall–Kier alpha value is -0.610. The summed E-state index contributed by atoms with van der Waals surface area (Å²) < 4.78 is 0. The highest BCUT2D eigenvalue weighted by Crippen LogP contribution is 2.29. The second-order valence-corrected chi connectivity index (χ2v) is 5.77. The van der Waals surface area contributed by atoms with Gasteiger partial charge in [0.2, 0.25) is 5.91 Å². The van der Waals surface area contributed by atoms with Crippen LogP contribution in [0.25, 0.3) is 0 Å². The van der Waals surface area contributed by atoms with Gasteiger partial charge in [-0.25, -0.2) is 0 Å². The fourth-order valence-electron chi connectivity index (χ4n) is 2.87. The van der Waals surface area contributed by atoms with Crippen molar-refractivity contribution in [3.05, 3.63) is 0 Å². The standard InChI is InChI=1S/C14H27N3O/c1-2-3-11(10-15)14(18)16-12-6-8-17(9-7-12)13-4-5-13/h11-13H,2-10,15H2,1H3,(H,16,18). The molecule has 1 heterocycles. The minimum atomic E-state index is 0.0106. The van der Waals surface area contributed by atoms with E-state index < -0.39 is 0 Å². The highest BCUT2D eigenvalue weighted by Gasteiger charge is 2.32. The van der Waals surface area contributed by atoms with Gasteiger partial charge in [-0.3, -0.25) is 4.79 Å². The molecule has 1 unspecified atom stereocenters. The molecule has 104 valence electrons. The summed E-state index contributed by atoms with van der Waals surface area (Å²) >= 11 is 0. The highest BCUT2D eigenvalue weighted by molar-refractivity contribution is 5.79. The number of amides is 1. The summed E-state index contributed by atoms with van der Waals surface area (Å²) in [6.45, 7) is 4.87. The van der Waals surface area contributed by atoms with Gasteiger partial charge in [0.15, 0.2) is 0 Å². The molecule has 0 aromatic heterocycles. The SMILES string of the molecule is CCCC(CN)C(=O)NC1CCN(C2CC2)CC1. The van der Waals surface area contributed by atoms with E-state index in [0.717, 1.165) is 44.8 Å². The lowest BCUT2D eigenvalue weighted by molar-refractivity contribution is -0.126. The molecule has 2 rings (SSSR count). The number of hydrogen-bond acceptors (Lipinski definition) is 3. The zero-order chi connectivity index (χ0) is 13.0. The van der Waals surface area contributed by atoms with E-state index >= 15 is 0 Å². The smallest absolute Gasteiger partial charge is 0.224 e. The normalized spacial score (nSPS) is 23.9. The molecule has 2 fully saturated rings. The molecule has 1 aliphatic carbocycles. The average molecular weight is 253 g/mol. The van der Waals surface area contributed by atoms with E-state index in [0.29, 0.717) is 12.6 Å². The summed E-state index contributed by atoms with van der Waals surface area (Å²) in [5.74, 6) is 0.181. The number of hydrogen-bond donors (Lipinski definition) is 2. The van der Waals surface area contributed by atoms with Crippen LogP contribution in [0, 0.1) is 5.92 Å². The van der Waals surface area contributed by atoms with Crippen LogP contribution in [0.2, 0.25) is 0 Å². The summed E-state index contributed by atoms with van der Waals surface area (Å²) in [7, 11) is 0. The molecular formula is C14H27N3O. The maximum absolute atomic E-state index is 12.1. The van der Waals surface area contributed by atoms with Crippen LogP contribution in [-0.4, -0.2) is 42.5 Å². The number of likely N-dealkylation sites (tertiary alicyclic amines) is 1. The van der Waals surface area contributed by atoms with Crippen molar-refractivity contribution in [2.24, 2.45) is 11.7 Å². The van der Waals surface area contributed by atoms with E-state index in [1.54, 1.807) is 0 Å². The van der Waals surface area contributed by atoms with Crippen LogP contribution < -0.4 is 11.1 Å². The molecule has 1 atom stereocenters. The van der Waals surface area contributed by atoms with Gasteiger partial charge in [0, 0.05) is 31.7 Å². The fourth-order valence-corrected chi connectivity index (χ4v) is 2.87. The quantitative estimate of drug-likeness (QED) is 0.745. The van der Waals surface area contributed by atoms with Gasteiger partial charge in [0.05, 0.1) is 5.92 Å². The van der Waals surface area contributed by atoms with Crippen LogP contribution in [0.15, 0.2) is 0 Å². The fraction of sp³-hybridized carbons (Fsp3) is 0.929. The summed E-state index contributed by atoms with van der Waals surface area (Å²) in [6.07, 6.45) is 6.89. The molecule has 3 N–H and O–H groups in total. The van der Waals surface area contributed by atoms with Gasteiger partial charge in [-0.2, -0.15) is 0 Å². The first-order chi connectivity index (χ1) is 8.74. The van der Waals surface area contributed by atoms with Crippen molar-refractivity contribution < 1.29 is 4.79 Å². The Morgan fingerprint density at radius 1 is 1.33 bits per heavy atom. The third-order valence-corrected chi connectivity index (χ3v) is 4.23. The second kappa shape index (κ2) is 6.53. The first-order valence-electron chi connectivity index (χ1n) is 7.49. The predicted molar refractivity (Wildman–Crippen MR) is 73.2 cm³/mol. The van der Waals surface area contributed by atoms with Gasteiger partial charge < -0.3 is 16.0 Å². The molecule has 0 bridgehead atoms. The van der Waals surface area contributed by atoms with E-state index in [1.165, 1.54) is 12.8 Å². The molecule has 1 amide bonds. The first-order valence-corrected chi connectivity index (χ1v) is 7.49. The van der Waals surface area contributed by atoms with Gasteiger partial charge in [0.25, 0.3) is 0 Å². The van der Waals surface area contributed by atoms with Crippen molar-refractivity contribution >= 4 is 5.91 Å². The van der Waals surface area contributed by atoms with Gasteiger partial charge >= 0.3 is 0 Å². The molecule has 4 heteroatoms. The lowest BCUT2D eigenvalue weighted by atomic mass is 10.00. The molecular weight excluding hydrogens is 226 g/mol. The van der Waals surface area contributed by atoms with Crippen molar-refractivity contribution in [2.75, 3.05) is 19.6 Å². The van der Waals surface area contributed by atoms with E-state index in [9.17, 15) is 4.79 Å². The summed E-state index contributed by atoms with van der Waals surface area (Å²) in [5.41, 5.74) is 5.67. The number of piperidine rings is 1. The van der Waals surface area contributed by atoms with Crippen LogP contribution in [0.3, 0.4) is 0 Å². The van der Waals surface area contributed by atoms with Crippen LogP contribution >= 0.6 is 0 Å². The van der Waals surface area contributed by atoms with E-state index in [1.807, 2.05) is 0 Å². The molecule has 18 heavy (non-hydrogen) atoms. The lowest BCUT2D eigenvalue weighted by Crippen LogP contribution is -2.47. The average Bonchev–Trinajstić information content (AvgIpc) is 3.21. The predicted octanol–water partition coefficient (Wildman–Crippen LogP) is 1.10. The largest absolute Gasteiger partial charge is 0.353 e. The Balaban J connectivity index is 1.71. The van der Waals surface area contributed by atoms with Crippen LogP contribution in [-0.2, 0) is 4.79 Å². The molecule has 1 aliphatic heterocycles. The molecule has 1 saturated carbocycles. The van der Waals surface area contributed by atoms with Gasteiger partial charge in [0.1, 0.15) is 0 Å². The Bertz CT molecular complexity index is 270. The van der Waals surface area contributed by atoms with Crippen LogP contribution in [0.5, 0.6) is 0 Å². The summed E-state index contributed by atoms with van der Waals surface area (Å²) in [5, 5.41) is 3.19. The molecule has 0 radical (unpaired) electrons. The minimum Gasteiger partial charge on any atom is -0.353 e. The van der Waals surface area contributed by atoms with Crippen molar-refractivity contribution in [3.8, 4) is 0 Å². The van der Waals surface area contributed by atoms with Gasteiger partial charge in [-0.05, 0) is 32.1 Å². The number of rotatable bonds is 6. The van der Waals surface area contributed by atoms with Gasteiger partial charge in [-0.1, -0.05) is 13.3 Å². The van der Waals surface area contributed by atoms with E-state index in [-0.39, 0.29) is 11.8 Å². The Morgan fingerprint density at radius 3 is 2.50 bits per heavy atom. The molecule has 1 saturated heterocycles. The number of nitrogens with zero attached hydrogens (tertiary/aromatic N) is 1. The number of nitrogens with one attached hydrogen (secondary N) is 1. The molecule has 0 spiro atoms. The molecule has 2 aliphatic rings. The van der Waals surface area contributed by atoms with Crippen molar-refractivity contribution in [1.29, 1.82) is 0 Å². The maximum atomic E-state index is 12.1. The Morgan fingerprint density at radius 2 is 2.00 bits per heavy atom. The van der Waals surface area contributed by atoms with Gasteiger partial charge in [-0.15, -0.1) is 0 Å². The molecule has 0 aromatic carbocycles. The number of nitrogens with two attached hydrogens (primary N) is 1. The molecule has 4 nitrogen and oxygen atoms in total. The maximum Gasteiger partial charge on any atom is 0.224 e. The van der Waals surface area contributed by atoms with Crippen molar-refractivity contribution in [3.63, 3.8) is 0 Å². The van der Waals surface area contributed by atoms with Crippen LogP contribution in [0.4, 0.5) is 0 Å². The Kier molecular flexibility index (Phi) is 5.01. The monoisotopic (exact) mass is 253 g/mol. The third-order valence-electron chi connectivity index (χ3n) is 4.23. The zero-order valence-electron chi connectivity index (χ0n) is 11.5. The van der Waals surface area contributed by atoms with E-state index in [2.05, 4.69) is 17.1 Å². The third kappa shape index (κ3) is 3.69. The topological polar surface area (TPSA) is 58.4 Å². The molecule has 0 aromatic rings. The highest BCUT2D eigenvalue weighted by atomic mass is 16.1. The number of carbonyl (C=O) groups excluding carboxylic acids is 1. The summed E-state index contributed by atoms with van der Waals surface area (Å²) in [6, 6.07) is 1.23. The number of carbonyl (C=O) groups is 1. The second-order valence-electron chi connectivity index (χ2n) is 5.77. The van der Waals surface area contributed by atoms with Crippen molar-refractivity contribution in [1.82, 2.24) is 10.2 Å². The first kappa shape index (κ1) is 13.8.